The molecular weight excluding hydrogens is 326 g/mol. The van der Waals surface area contributed by atoms with Gasteiger partial charge in [-0.15, -0.1) is 0 Å². The van der Waals surface area contributed by atoms with Crippen molar-refractivity contribution in [1.82, 2.24) is 4.31 Å². The van der Waals surface area contributed by atoms with Crippen LogP contribution in [0.4, 0.5) is 0 Å². The Balaban J connectivity index is 2.16. The summed E-state index contributed by atoms with van der Waals surface area (Å²) in [4.78, 5) is 0.991. The van der Waals surface area contributed by atoms with E-state index in [0.29, 0.717) is 22.2 Å². The zero-order chi connectivity index (χ0) is 14.2. The lowest BCUT2D eigenvalue weighted by atomic mass is 9.85. The molecule has 1 saturated carbocycles. The molecule has 1 aliphatic rings. The summed E-state index contributed by atoms with van der Waals surface area (Å²) in [5, 5.41) is 0. The minimum absolute atomic E-state index is 0.426. The van der Waals surface area contributed by atoms with Crippen LogP contribution in [-0.2, 0) is 10.0 Å². The fourth-order valence-electron chi connectivity index (χ4n) is 2.52. The number of nitrogens with zero attached hydrogens (tertiary/aromatic N) is 1. The summed E-state index contributed by atoms with van der Waals surface area (Å²) < 4.78 is 26.6. The van der Waals surface area contributed by atoms with Gasteiger partial charge in [-0.2, -0.15) is 0 Å². The van der Waals surface area contributed by atoms with Crippen LogP contribution in [0.3, 0.4) is 0 Å². The molecule has 0 saturated heterocycles. The molecule has 1 aromatic carbocycles. The lowest BCUT2D eigenvalue weighted by Crippen LogP contribution is -2.37. The first-order valence-electron chi connectivity index (χ1n) is 6.48. The van der Waals surface area contributed by atoms with Gasteiger partial charge in [0.05, 0.1) is 4.90 Å². The fourth-order valence-corrected chi connectivity index (χ4v) is 5.03. The largest absolute Gasteiger partial charge is 0.243 e. The zero-order valence-corrected chi connectivity index (χ0v) is 14.0. The molecule has 0 bridgehead atoms. The van der Waals surface area contributed by atoms with Crippen molar-refractivity contribution in [1.29, 1.82) is 0 Å². The van der Waals surface area contributed by atoms with E-state index < -0.39 is 10.0 Å². The third kappa shape index (κ3) is 3.20. The average Bonchev–Trinajstić information content (AvgIpc) is 2.26. The molecule has 0 aromatic heterocycles. The maximum atomic E-state index is 12.5. The first-order chi connectivity index (χ1) is 8.80. The standard InChI is InChI=1S/C14H20BrNO2S/c1-10-4-5-14(11(2)6-10)19(17,18)16(3)9-12-7-13(15)8-12/h4-6,12-13H,7-9H2,1-3H3. The molecule has 0 amide bonds. The number of halogens is 1. The van der Waals surface area contributed by atoms with E-state index in [2.05, 4.69) is 15.9 Å². The second kappa shape index (κ2) is 5.54. The third-order valence-electron chi connectivity index (χ3n) is 3.71. The summed E-state index contributed by atoms with van der Waals surface area (Å²) in [6, 6.07) is 5.48. The van der Waals surface area contributed by atoms with Crippen LogP contribution in [0, 0.1) is 19.8 Å². The van der Waals surface area contributed by atoms with Crippen molar-refractivity contribution < 1.29 is 8.42 Å². The summed E-state index contributed by atoms with van der Waals surface area (Å²) in [5.74, 6) is 0.481. The van der Waals surface area contributed by atoms with Gasteiger partial charge >= 0.3 is 0 Å². The molecule has 0 spiro atoms. The van der Waals surface area contributed by atoms with Gasteiger partial charge in [-0.05, 0) is 44.2 Å². The van der Waals surface area contributed by atoms with E-state index in [1.54, 1.807) is 13.1 Å². The quantitative estimate of drug-likeness (QED) is 0.786. The normalized spacial score (nSPS) is 23.4. The topological polar surface area (TPSA) is 37.4 Å². The van der Waals surface area contributed by atoms with Gasteiger partial charge in [0.2, 0.25) is 10.0 Å². The molecule has 0 atom stereocenters. The van der Waals surface area contributed by atoms with Crippen LogP contribution in [-0.4, -0.2) is 31.1 Å². The minimum Gasteiger partial charge on any atom is -0.207 e. The Hall–Kier alpha value is -0.390. The first-order valence-corrected chi connectivity index (χ1v) is 8.84. The summed E-state index contributed by atoms with van der Waals surface area (Å²) in [5.41, 5.74) is 1.90. The van der Waals surface area contributed by atoms with Crippen LogP contribution >= 0.6 is 15.9 Å². The van der Waals surface area contributed by atoms with Gasteiger partial charge in [-0.25, -0.2) is 12.7 Å². The number of aryl methyl sites for hydroxylation is 2. The molecule has 1 aliphatic carbocycles. The number of hydrogen-bond donors (Lipinski definition) is 0. The Morgan fingerprint density at radius 3 is 2.47 bits per heavy atom. The van der Waals surface area contributed by atoms with Crippen LogP contribution in [0.25, 0.3) is 0 Å². The van der Waals surface area contributed by atoms with Crippen LogP contribution in [0.5, 0.6) is 0 Å². The molecule has 1 aromatic rings. The molecule has 3 nitrogen and oxygen atoms in total. The minimum atomic E-state index is -3.36. The number of sulfonamides is 1. The van der Waals surface area contributed by atoms with Crippen molar-refractivity contribution >= 4 is 26.0 Å². The highest BCUT2D eigenvalue weighted by atomic mass is 79.9. The maximum absolute atomic E-state index is 12.5. The van der Waals surface area contributed by atoms with Gasteiger partial charge in [0.1, 0.15) is 0 Å². The summed E-state index contributed by atoms with van der Waals surface area (Å²) in [7, 11) is -1.68. The summed E-state index contributed by atoms with van der Waals surface area (Å²) in [6.07, 6.45) is 2.12. The summed E-state index contributed by atoms with van der Waals surface area (Å²) in [6.45, 7) is 4.43. The number of benzene rings is 1. The second-order valence-electron chi connectivity index (χ2n) is 5.49. The molecule has 0 heterocycles. The highest BCUT2D eigenvalue weighted by Gasteiger charge is 2.31. The van der Waals surface area contributed by atoms with Crippen LogP contribution in [0.2, 0.25) is 0 Å². The molecular formula is C14H20BrNO2S. The molecule has 5 heteroatoms. The Morgan fingerprint density at radius 1 is 1.32 bits per heavy atom. The van der Waals surface area contributed by atoms with Crippen molar-refractivity contribution in [2.24, 2.45) is 5.92 Å². The molecule has 0 unspecified atom stereocenters. The summed E-state index contributed by atoms with van der Waals surface area (Å²) >= 11 is 3.54. The van der Waals surface area contributed by atoms with E-state index in [1.165, 1.54) is 4.31 Å². The van der Waals surface area contributed by atoms with Crippen molar-refractivity contribution in [2.45, 2.75) is 36.4 Å². The van der Waals surface area contributed by atoms with Crippen LogP contribution in [0.15, 0.2) is 23.1 Å². The van der Waals surface area contributed by atoms with Crippen molar-refractivity contribution in [3.05, 3.63) is 29.3 Å². The highest BCUT2D eigenvalue weighted by molar-refractivity contribution is 9.09. The van der Waals surface area contributed by atoms with Crippen LogP contribution < -0.4 is 0 Å². The van der Waals surface area contributed by atoms with Crippen molar-refractivity contribution in [3.8, 4) is 0 Å². The SMILES string of the molecule is Cc1ccc(S(=O)(=O)N(C)CC2CC(Br)C2)c(C)c1. The van der Waals surface area contributed by atoms with Crippen LogP contribution in [0.1, 0.15) is 24.0 Å². The molecule has 106 valence electrons. The predicted molar refractivity (Wildman–Crippen MR) is 81.2 cm³/mol. The molecule has 0 N–H and O–H groups in total. The third-order valence-corrected chi connectivity index (χ3v) is 6.44. The number of alkyl halides is 1. The smallest absolute Gasteiger partial charge is 0.207 e. The second-order valence-corrected chi connectivity index (χ2v) is 8.80. The number of hydrogen-bond acceptors (Lipinski definition) is 2. The zero-order valence-electron chi connectivity index (χ0n) is 11.6. The Bertz CT molecular complexity index is 565. The van der Waals surface area contributed by atoms with Gasteiger partial charge in [0.15, 0.2) is 0 Å². The van der Waals surface area contributed by atoms with Crippen molar-refractivity contribution in [3.63, 3.8) is 0 Å². The van der Waals surface area contributed by atoms with Gasteiger partial charge < -0.3 is 0 Å². The maximum Gasteiger partial charge on any atom is 0.243 e. The van der Waals surface area contributed by atoms with E-state index in [4.69, 9.17) is 0 Å². The van der Waals surface area contributed by atoms with E-state index in [9.17, 15) is 8.42 Å². The Morgan fingerprint density at radius 2 is 1.95 bits per heavy atom. The van der Waals surface area contributed by atoms with Gasteiger partial charge in [-0.3, -0.25) is 0 Å². The fraction of sp³-hybridized carbons (Fsp3) is 0.571. The average molecular weight is 346 g/mol. The molecule has 19 heavy (non-hydrogen) atoms. The lowest BCUT2D eigenvalue weighted by Gasteiger charge is -2.34. The van der Waals surface area contributed by atoms with E-state index in [-0.39, 0.29) is 0 Å². The molecule has 1 fully saturated rings. The Kier molecular flexibility index (Phi) is 4.38. The van der Waals surface area contributed by atoms with E-state index >= 15 is 0 Å². The Labute approximate surface area is 124 Å². The molecule has 2 rings (SSSR count). The van der Waals surface area contributed by atoms with E-state index in [0.717, 1.165) is 24.0 Å². The highest BCUT2D eigenvalue weighted by Crippen LogP contribution is 2.34. The van der Waals surface area contributed by atoms with E-state index in [1.807, 2.05) is 26.0 Å². The monoisotopic (exact) mass is 345 g/mol. The first kappa shape index (κ1) is 15.0. The molecule has 0 aliphatic heterocycles. The van der Waals surface area contributed by atoms with Crippen molar-refractivity contribution in [2.75, 3.05) is 13.6 Å². The number of rotatable bonds is 4. The predicted octanol–water partition coefficient (Wildman–Crippen LogP) is 3.10. The molecule has 0 radical (unpaired) electrons. The van der Waals surface area contributed by atoms with Gasteiger partial charge in [0.25, 0.3) is 0 Å². The van der Waals surface area contributed by atoms with Gasteiger partial charge in [0, 0.05) is 18.4 Å². The van der Waals surface area contributed by atoms with Gasteiger partial charge in [-0.1, -0.05) is 33.6 Å². The lowest BCUT2D eigenvalue weighted by molar-refractivity contribution is 0.275.